The summed E-state index contributed by atoms with van der Waals surface area (Å²) in [6.45, 7) is 9.39. The Morgan fingerprint density at radius 3 is 2.95 bits per heavy atom. The van der Waals surface area contributed by atoms with Gasteiger partial charge < -0.3 is 5.32 Å². The molecule has 2 unspecified atom stereocenters. The zero-order chi connectivity index (χ0) is 14.7. The van der Waals surface area contributed by atoms with Gasteiger partial charge in [0.2, 0.25) is 0 Å². The molecular weight excluding hydrogens is 252 g/mol. The third-order valence-electron chi connectivity index (χ3n) is 4.35. The van der Waals surface area contributed by atoms with Crippen LogP contribution in [0, 0.1) is 12.8 Å². The number of rotatable bonds is 4. The highest BCUT2D eigenvalue weighted by Crippen LogP contribution is 2.17. The minimum Gasteiger partial charge on any atom is -0.350 e. The summed E-state index contributed by atoms with van der Waals surface area (Å²) >= 11 is 0. The lowest BCUT2D eigenvalue weighted by Gasteiger charge is -2.35. The van der Waals surface area contributed by atoms with E-state index in [1.54, 1.807) is 10.9 Å². The first kappa shape index (κ1) is 15.0. The van der Waals surface area contributed by atoms with Crippen molar-refractivity contribution in [3.63, 3.8) is 0 Å². The molecule has 1 N–H and O–H groups in total. The quantitative estimate of drug-likeness (QED) is 0.909. The Hall–Kier alpha value is -1.36. The van der Waals surface area contributed by atoms with Gasteiger partial charge in [-0.25, -0.2) is 0 Å². The van der Waals surface area contributed by atoms with E-state index in [0.717, 1.165) is 24.7 Å². The highest BCUT2D eigenvalue weighted by atomic mass is 16.1. The summed E-state index contributed by atoms with van der Waals surface area (Å²) < 4.78 is 1.73. The summed E-state index contributed by atoms with van der Waals surface area (Å²) in [6, 6.07) is 0.388. The molecule has 1 saturated heterocycles. The topological polar surface area (TPSA) is 50.2 Å². The van der Waals surface area contributed by atoms with Gasteiger partial charge in [-0.3, -0.25) is 14.4 Å². The van der Waals surface area contributed by atoms with E-state index in [-0.39, 0.29) is 5.91 Å². The van der Waals surface area contributed by atoms with Crippen molar-refractivity contribution < 1.29 is 4.79 Å². The van der Waals surface area contributed by atoms with Crippen LogP contribution in [0.25, 0.3) is 0 Å². The standard InChI is InChI=1S/C15H26N4O/c1-11-6-5-7-19(10-11)12(2)8-16-15(20)14-9-17-18(4)13(14)3/h9,11-12H,5-8,10H2,1-4H3,(H,16,20). The number of likely N-dealkylation sites (tertiary alicyclic amines) is 1. The Labute approximate surface area is 121 Å². The molecule has 5 heteroatoms. The molecule has 5 nitrogen and oxygen atoms in total. The predicted molar refractivity (Wildman–Crippen MR) is 79.7 cm³/mol. The highest BCUT2D eigenvalue weighted by molar-refractivity contribution is 5.95. The molecule has 0 radical (unpaired) electrons. The number of amides is 1. The first-order valence-electron chi connectivity index (χ1n) is 7.50. The van der Waals surface area contributed by atoms with Crippen LogP contribution in [-0.4, -0.2) is 46.3 Å². The van der Waals surface area contributed by atoms with Crippen molar-refractivity contribution in [1.29, 1.82) is 0 Å². The minimum atomic E-state index is -0.0208. The van der Waals surface area contributed by atoms with Gasteiger partial charge in [-0.1, -0.05) is 6.92 Å². The Morgan fingerprint density at radius 1 is 1.60 bits per heavy atom. The molecule has 2 rings (SSSR count). The number of hydrogen-bond acceptors (Lipinski definition) is 3. The average molecular weight is 278 g/mol. The van der Waals surface area contributed by atoms with E-state index in [0.29, 0.717) is 18.2 Å². The third-order valence-corrected chi connectivity index (χ3v) is 4.35. The molecule has 0 aromatic carbocycles. The Balaban J connectivity index is 1.85. The zero-order valence-electron chi connectivity index (χ0n) is 13.0. The summed E-state index contributed by atoms with van der Waals surface area (Å²) in [6.07, 6.45) is 4.23. The number of piperidine rings is 1. The Morgan fingerprint density at radius 2 is 2.35 bits per heavy atom. The van der Waals surface area contributed by atoms with E-state index < -0.39 is 0 Å². The fourth-order valence-electron chi connectivity index (χ4n) is 2.81. The van der Waals surface area contributed by atoms with Crippen molar-refractivity contribution in [3.8, 4) is 0 Å². The number of carbonyl (C=O) groups excluding carboxylic acids is 1. The molecule has 1 fully saturated rings. The maximum Gasteiger partial charge on any atom is 0.254 e. The van der Waals surface area contributed by atoms with Crippen LogP contribution < -0.4 is 5.32 Å². The lowest BCUT2D eigenvalue weighted by molar-refractivity contribution is 0.0917. The molecule has 1 aliphatic rings. The second kappa shape index (κ2) is 6.39. The molecule has 112 valence electrons. The molecular formula is C15H26N4O. The van der Waals surface area contributed by atoms with E-state index in [1.807, 2.05) is 14.0 Å². The SMILES string of the molecule is Cc1c(C(=O)NCC(C)N2CCCC(C)C2)cnn1C. The number of nitrogens with zero attached hydrogens (tertiary/aromatic N) is 3. The number of nitrogens with one attached hydrogen (secondary N) is 1. The van der Waals surface area contributed by atoms with Crippen LogP contribution in [0.3, 0.4) is 0 Å². The molecule has 0 aliphatic carbocycles. The number of hydrogen-bond donors (Lipinski definition) is 1. The van der Waals surface area contributed by atoms with Gasteiger partial charge in [0.15, 0.2) is 0 Å². The van der Waals surface area contributed by atoms with Crippen LogP contribution in [0.15, 0.2) is 6.20 Å². The molecule has 1 aromatic heterocycles. The predicted octanol–water partition coefficient (Wildman–Crippen LogP) is 1.58. The first-order chi connectivity index (χ1) is 9.49. The smallest absolute Gasteiger partial charge is 0.254 e. The van der Waals surface area contributed by atoms with Gasteiger partial charge in [0.05, 0.1) is 11.8 Å². The van der Waals surface area contributed by atoms with Crippen molar-refractivity contribution >= 4 is 5.91 Å². The lowest BCUT2D eigenvalue weighted by atomic mass is 9.99. The van der Waals surface area contributed by atoms with Gasteiger partial charge in [0, 0.05) is 31.9 Å². The van der Waals surface area contributed by atoms with Gasteiger partial charge in [-0.15, -0.1) is 0 Å². The van der Waals surface area contributed by atoms with Crippen LogP contribution in [-0.2, 0) is 7.05 Å². The molecule has 2 atom stereocenters. The monoisotopic (exact) mass is 278 g/mol. The normalized spacial score (nSPS) is 21.7. The van der Waals surface area contributed by atoms with Crippen molar-refractivity contribution in [2.75, 3.05) is 19.6 Å². The molecule has 0 saturated carbocycles. The number of aryl methyl sites for hydroxylation is 1. The fourth-order valence-corrected chi connectivity index (χ4v) is 2.81. The summed E-state index contributed by atoms with van der Waals surface area (Å²) in [7, 11) is 1.85. The van der Waals surface area contributed by atoms with Gasteiger partial charge in [-0.2, -0.15) is 5.10 Å². The molecule has 1 aromatic rings. The maximum absolute atomic E-state index is 12.1. The zero-order valence-corrected chi connectivity index (χ0v) is 13.0. The molecule has 2 heterocycles. The van der Waals surface area contributed by atoms with E-state index in [4.69, 9.17) is 0 Å². The minimum absolute atomic E-state index is 0.0208. The third kappa shape index (κ3) is 3.39. The molecule has 0 spiro atoms. The Kier molecular flexibility index (Phi) is 4.81. The second-order valence-corrected chi connectivity index (χ2v) is 6.07. The van der Waals surface area contributed by atoms with Crippen LogP contribution in [0.5, 0.6) is 0 Å². The van der Waals surface area contributed by atoms with Crippen LogP contribution in [0.4, 0.5) is 0 Å². The van der Waals surface area contributed by atoms with Crippen molar-refractivity contribution in [3.05, 3.63) is 17.5 Å². The second-order valence-electron chi connectivity index (χ2n) is 6.07. The van der Waals surface area contributed by atoms with Crippen LogP contribution >= 0.6 is 0 Å². The highest BCUT2D eigenvalue weighted by Gasteiger charge is 2.21. The first-order valence-corrected chi connectivity index (χ1v) is 7.50. The molecule has 1 aliphatic heterocycles. The fraction of sp³-hybridized carbons (Fsp3) is 0.733. The van der Waals surface area contributed by atoms with Crippen LogP contribution in [0.2, 0.25) is 0 Å². The molecule has 0 bridgehead atoms. The van der Waals surface area contributed by atoms with Crippen molar-refractivity contribution in [2.45, 2.75) is 39.7 Å². The van der Waals surface area contributed by atoms with E-state index in [9.17, 15) is 4.79 Å². The number of carbonyl (C=O) groups is 1. The van der Waals surface area contributed by atoms with Crippen LogP contribution in [0.1, 0.15) is 42.7 Å². The largest absolute Gasteiger partial charge is 0.350 e. The number of aromatic nitrogens is 2. The van der Waals surface area contributed by atoms with E-state index in [2.05, 4.69) is 29.2 Å². The summed E-state index contributed by atoms with van der Waals surface area (Å²) in [4.78, 5) is 14.6. The van der Waals surface area contributed by atoms with Gasteiger partial charge in [0.25, 0.3) is 5.91 Å². The summed E-state index contributed by atoms with van der Waals surface area (Å²) in [5, 5.41) is 7.14. The van der Waals surface area contributed by atoms with Gasteiger partial charge in [0.1, 0.15) is 0 Å². The van der Waals surface area contributed by atoms with Gasteiger partial charge in [-0.05, 0) is 39.2 Å². The maximum atomic E-state index is 12.1. The average Bonchev–Trinajstić information content (AvgIpc) is 2.76. The van der Waals surface area contributed by atoms with Crippen molar-refractivity contribution in [2.24, 2.45) is 13.0 Å². The van der Waals surface area contributed by atoms with E-state index in [1.165, 1.54) is 12.8 Å². The van der Waals surface area contributed by atoms with E-state index >= 15 is 0 Å². The summed E-state index contributed by atoms with van der Waals surface area (Å²) in [5.41, 5.74) is 1.58. The Bertz CT molecular complexity index is 468. The molecule has 1 amide bonds. The van der Waals surface area contributed by atoms with Crippen molar-refractivity contribution in [1.82, 2.24) is 20.0 Å². The lowest BCUT2D eigenvalue weighted by Crippen LogP contribution is -2.46. The summed E-state index contributed by atoms with van der Waals surface area (Å²) in [5.74, 6) is 0.745. The van der Waals surface area contributed by atoms with Gasteiger partial charge >= 0.3 is 0 Å². The molecule has 20 heavy (non-hydrogen) atoms.